The standard InChI is InChI=1S/C16H16ClN3O2/c1-10-8-20(9-11(2)21-10)16-14(7-18)19-15(22-16)12-3-5-13(17)6-4-12/h3-6,10-11H,8-9H2,1-2H3/t10-,11+. The van der Waals surface area contributed by atoms with Gasteiger partial charge in [-0.3, -0.25) is 0 Å². The molecule has 1 aliphatic rings. The minimum atomic E-state index is 0.0828. The summed E-state index contributed by atoms with van der Waals surface area (Å²) < 4.78 is 11.6. The van der Waals surface area contributed by atoms with Crippen molar-refractivity contribution in [1.82, 2.24) is 4.98 Å². The molecule has 0 amide bonds. The molecule has 0 spiro atoms. The Hall–Kier alpha value is -2.03. The number of nitrogens with zero attached hydrogens (tertiary/aromatic N) is 3. The molecule has 1 aromatic heterocycles. The van der Waals surface area contributed by atoms with Gasteiger partial charge in [-0.25, -0.2) is 0 Å². The van der Waals surface area contributed by atoms with E-state index in [2.05, 4.69) is 11.1 Å². The lowest BCUT2D eigenvalue weighted by Crippen LogP contribution is -2.45. The Morgan fingerprint density at radius 1 is 1.23 bits per heavy atom. The molecule has 1 aromatic carbocycles. The van der Waals surface area contributed by atoms with E-state index >= 15 is 0 Å². The Morgan fingerprint density at radius 2 is 1.86 bits per heavy atom. The van der Waals surface area contributed by atoms with Crippen LogP contribution in [0.5, 0.6) is 0 Å². The van der Waals surface area contributed by atoms with Gasteiger partial charge in [0.25, 0.3) is 0 Å². The van der Waals surface area contributed by atoms with Gasteiger partial charge in [0.15, 0.2) is 0 Å². The number of oxazole rings is 1. The van der Waals surface area contributed by atoms with Gasteiger partial charge in [-0.2, -0.15) is 10.2 Å². The fraction of sp³-hybridized carbons (Fsp3) is 0.375. The van der Waals surface area contributed by atoms with Crippen molar-refractivity contribution in [2.45, 2.75) is 26.1 Å². The Balaban J connectivity index is 1.95. The van der Waals surface area contributed by atoms with Crippen molar-refractivity contribution in [3.8, 4) is 17.5 Å². The van der Waals surface area contributed by atoms with Crippen LogP contribution in [0.1, 0.15) is 19.5 Å². The summed E-state index contributed by atoms with van der Waals surface area (Å²) >= 11 is 5.89. The zero-order chi connectivity index (χ0) is 15.7. The molecule has 0 bridgehead atoms. The number of aromatic nitrogens is 1. The smallest absolute Gasteiger partial charge is 0.235 e. The van der Waals surface area contributed by atoms with Crippen LogP contribution in [-0.2, 0) is 4.74 Å². The molecule has 1 saturated heterocycles. The molecule has 1 fully saturated rings. The molecule has 114 valence electrons. The highest BCUT2D eigenvalue weighted by Crippen LogP contribution is 2.30. The maximum absolute atomic E-state index is 9.33. The number of halogens is 1. The van der Waals surface area contributed by atoms with Crippen LogP contribution in [-0.4, -0.2) is 30.3 Å². The molecule has 1 aliphatic heterocycles. The van der Waals surface area contributed by atoms with Gasteiger partial charge in [0.1, 0.15) is 6.07 Å². The third-order valence-electron chi connectivity index (χ3n) is 3.51. The number of benzene rings is 1. The van der Waals surface area contributed by atoms with Crippen LogP contribution in [0, 0.1) is 11.3 Å². The highest BCUT2D eigenvalue weighted by atomic mass is 35.5. The molecule has 22 heavy (non-hydrogen) atoms. The number of hydrogen-bond donors (Lipinski definition) is 0. The van der Waals surface area contributed by atoms with Crippen LogP contribution in [0.3, 0.4) is 0 Å². The SMILES string of the molecule is C[C@@H]1CN(c2oc(-c3ccc(Cl)cc3)nc2C#N)C[C@H](C)O1. The van der Waals surface area contributed by atoms with Gasteiger partial charge in [0, 0.05) is 23.7 Å². The molecule has 6 heteroatoms. The lowest BCUT2D eigenvalue weighted by molar-refractivity contribution is -0.00638. The van der Waals surface area contributed by atoms with E-state index in [0.717, 1.165) is 5.56 Å². The van der Waals surface area contributed by atoms with Crippen LogP contribution >= 0.6 is 11.6 Å². The van der Waals surface area contributed by atoms with Gasteiger partial charge in [0.05, 0.1) is 12.2 Å². The highest BCUT2D eigenvalue weighted by molar-refractivity contribution is 6.30. The van der Waals surface area contributed by atoms with Crippen molar-refractivity contribution in [2.75, 3.05) is 18.0 Å². The lowest BCUT2D eigenvalue weighted by atomic mass is 10.2. The predicted octanol–water partition coefficient (Wildman–Crippen LogP) is 3.48. The van der Waals surface area contributed by atoms with E-state index in [9.17, 15) is 5.26 Å². The van der Waals surface area contributed by atoms with Crippen LogP contribution in [0.2, 0.25) is 5.02 Å². The van der Waals surface area contributed by atoms with Crippen molar-refractivity contribution in [1.29, 1.82) is 5.26 Å². The second-order valence-electron chi connectivity index (χ2n) is 5.45. The van der Waals surface area contributed by atoms with Crippen molar-refractivity contribution in [3.05, 3.63) is 35.0 Å². The number of morpholine rings is 1. The maximum Gasteiger partial charge on any atom is 0.235 e. The summed E-state index contributed by atoms with van der Waals surface area (Å²) in [6.07, 6.45) is 0.166. The first kappa shape index (κ1) is 14.9. The minimum absolute atomic E-state index is 0.0828. The fourth-order valence-corrected chi connectivity index (χ4v) is 2.78. The minimum Gasteiger partial charge on any atom is -0.419 e. The van der Waals surface area contributed by atoms with E-state index in [1.807, 2.05) is 30.9 Å². The Labute approximate surface area is 134 Å². The van der Waals surface area contributed by atoms with Gasteiger partial charge in [0.2, 0.25) is 17.5 Å². The van der Waals surface area contributed by atoms with E-state index in [1.54, 1.807) is 12.1 Å². The predicted molar refractivity (Wildman–Crippen MR) is 83.9 cm³/mol. The third-order valence-corrected chi connectivity index (χ3v) is 3.77. The molecule has 0 N–H and O–H groups in total. The largest absolute Gasteiger partial charge is 0.419 e. The van der Waals surface area contributed by atoms with E-state index < -0.39 is 0 Å². The number of rotatable bonds is 2. The molecule has 5 nitrogen and oxygen atoms in total. The van der Waals surface area contributed by atoms with E-state index in [4.69, 9.17) is 20.8 Å². The third kappa shape index (κ3) is 2.94. The van der Waals surface area contributed by atoms with Gasteiger partial charge < -0.3 is 14.1 Å². The van der Waals surface area contributed by atoms with E-state index in [0.29, 0.717) is 35.6 Å². The van der Waals surface area contributed by atoms with Crippen LogP contribution in [0.15, 0.2) is 28.7 Å². The van der Waals surface area contributed by atoms with Crippen LogP contribution in [0.25, 0.3) is 11.5 Å². The van der Waals surface area contributed by atoms with Crippen molar-refractivity contribution < 1.29 is 9.15 Å². The summed E-state index contributed by atoms with van der Waals surface area (Å²) in [5.74, 6) is 0.935. The van der Waals surface area contributed by atoms with E-state index in [1.165, 1.54) is 0 Å². The molecular formula is C16H16ClN3O2. The van der Waals surface area contributed by atoms with Crippen LogP contribution < -0.4 is 4.90 Å². The lowest BCUT2D eigenvalue weighted by Gasteiger charge is -2.34. The summed E-state index contributed by atoms with van der Waals surface area (Å²) in [7, 11) is 0. The van der Waals surface area contributed by atoms with Crippen LogP contribution in [0.4, 0.5) is 5.88 Å². The first-order valence-electron chi connectivity index (χ1n) is 7.14. The van der Waals surface area contributed by atoms with Crippen molar-refractivity contribution >= 4 is 17.5 Å². The quantitative estimate of drug-likeness (QED) is 0.848. The summed E-state index contributed by atoms with van der Waals surface area (Å²) in [4.78, 5) is 6.32. The molecule has 2 aromatic rings. The second-order valence-corrected chi connectivity index (χ2v) is 5.89. The molecule has 0 unspecified atom stereocenters. The first-order chi connectivity index (χ1) is 10.6. The molecule has 2 atom stereocenters. The number of hydrogen-bond acceptors (Lipinski definition) is 5. The van der Waals surface area contributed by atoms with Crippen molar-refractivity contribution in [3.63, 3.8) is 0 Å². The molecular weight excluding hydrogens is 302 g/mol. The highest BCUT2D eigenvalue weighted by Gasteiger charge is 2.28. The first-order valence-corrected chi connectivity index (χ1v) is 7.52. The summed E-state index contributed by atoms with van der Waals surface area (Å²) in [5.41, 5.74) is 1.09. The van der Waals surface area contributed by atoms with Gasteiger partial charge in [-0.15, -0.1) is 0 Å². The van der Waals surface area contributed by atoms with E-state index in [-0.39, 0.29) is 12.2 Å². The Morgan fingerprint density at radius 3 is 2.45 bits per heavy atom. The molecule has 0 radical (unpaired) electrons. The average Bonchev–Trinajstić information content (AvgIpc) is 2.91. The van der Waals surface area contributed by atoms with Gasteiger partial charge >= 0.3 is 0 Å². The van der Waals surface area contributed by atoms with Crippen molar-refractivity contribution in [2.24, 2.45) is 0 Å². The Bertz CT molecular complexity index is 695. The normalized spacial score (nSPS) is 21.6. The molecule has 0 aliphatic carbocycles. The molecule has 0 saturated carbocycles. The second kappa shape index (κ2) is 5.99. The monoisotopic (exact) mass is 317 g/mol. The van der Waals surface area contributed by atoms with Gasteiger partial charge in [-0.1, -0.05) is 11.6 Å². The zero-order valence-electron chi connectivity index (χ0n) is 12.4. The maximum atomic E-state index is 9.33. The number of anilines is 1. The topological polar surface area (TPSA) is 62.3 Å². The fourth-order valence-electron chi connectivity index (χ4n) is 2.66. The zero-order valence-corrected chi connectivity index (χ0v) is 13.2. The average molecular weight is 318 g/mol. The van der Waals surface area contributed by atoms with Gasteiger partial charge in [-0.05, 0) is 38.1 Å². The summed E-state index contributed by atoms with van der Waals surface area (Å²) in [6, 6.07) is 9.30. The number of ether oxygens (including phenoxy) is 1. The summed E-state index contributed by atoms with van der Waals surface area (Å²) in [6.45, 7) is 5.36. The molecule has 3 rings (SSSR count). The summed E-state index contributed by atoms with van der Waals surface area (Å²) in [5, 5.41) is 9.98. The Kier molecular flexibility index (Phi) is 4.06. The molecule has 2 heterocycles. The number of nitriles is 1.